The van der Waals surface area contributed by atoms with Crippen molar-refractivity contribution < 1.29 is 9.72 Å². The maximum atomic E-state index is 12.5. The van der Waals surface area contributed by atoms with Crippen LogP contribution in [0.2, 0.25) is 10.0 Å². The second kappa shape index (κ2) is 7.88. The SMILES string of the molecule is CSc1ccc([N+](=O)[O-])c(C(=O)NC(C)c2ccc(Cl)cc2Cl)c1. The fraction of sp³-hybridized carbons (Fsp3) is 0.188. The number of nitrogens with zero attached hydrogens (tertiary/aromatic N) is 1. The zero-order valence-corrected chi connectivity index (χ0v) is 15.2. The number of benzene rings is 2. The van der Waals surface area contributed by atoms with E-state index in [4.69, 9.17) is 23.2 Å². The third-order valence-corrected chi connectivity index (χ3v) is 4.71. The van der Waals surface area contributed by atoms with Crippen LogP contribution in [0, 0.1) is 10.1 Å². The summed E-state index contributed by atoms with van der Waals surface area (Å²) in [5.74, 6) is -0.531. The fourth-order valence-corrected chi connectivity index (χ4v) is 3.20. The second-order valence-electron chi connectivity index (χ2n) is 5.00. The highest BCUT2D eigenvalue weighted by Crippen LogP contribution is 2.28. The van der Waals surface area contributed by atoms with E-state index in [2.05, 4.69) is 5.32 Å². The van der Waals surface area contributed by atoms with Crippen molar-refractivity contribution >= 4 is 46.6 Å². The monoisotopic (exact) mass is 384 g/mol. The maximum absolute atomic E-state index is 12.5. The second-order valence-corrected chi connectivity index (χ2v) is 6.72. The van der Waals surface area contributed by atoms with Crippen LogP contribution in [0.15, 0.2) is 41.3 Å². The summed E-state index contributed by atoms with van der Waals surface area (Å²) in [6, 6.07) is 8.98. The number of amides is 1. The van der Waals surface area contributed by atoms with Crippen molar-refractivity contribution in [1.82, 2.24) is 5.32 Å². The Bertz CT molecular complexity index is 799. The lowest BCUT2D eigenvalue weighted by Gasteiger charge is -2.16. The number of nitrogens with one attached hydrogen (secondary N) is 1. The van der Waals surface area contributed by atoms with Crippen molar-refractivity contribution in [3.05, 3.63) is 67.7 Å². The first-order chi connectivity index (χ1) is 11.3. The molecule has 1 atom stereocenters. The average molecular weight is 385 g/mol. The van der Waals surface area contributed by atoms with E-state index in [0.29, 0.717) is 15.6 Å². The van der Waals surface area contributed by atoms with Crippen molar-refractivity contribution in [1.29, 1.82) is 0 Å². The lowest BCUT2D eigenvalue weighted by molar-refractivity contribution is -0.385. The first-order valence-corrected chi connectivity index (χ1v) is 8.89. The standard InChI is InChI=1S/C16H14Cl2N2O3S/c1-9(12-5-3-10(17)7-14(12)18)19-16(21)13-8-11(24-2)4-6-15(13)20(22)23/h3-9H,1-2H3,(H,19,21). The molecule has 1 N–H and O–H groups in total. The molecular weight excluding hydrogens is 371 g/mol. The molecule has 2 aromatic carbocycles. The number of carbonyl (C=O) groups excluding carboxylic acids is 1. The van der Waals surface area contributed by atoms with Gasteiger partial charge in [-0.25, -0.2) is 0 Å². The normalized spacial score (nSPS) is 11.8. The van der Waals surface area contributed by atoms with Gasteiger partial charge in [0.25, 0.3) is 11.6 Å². The van der Waals surface area contributed by atoms with Gasteiger partial charge in [0.15, 0.2) is 0 Å². The summed E-state index contributed by atoms with van der Waals surface area (Å²) in [6.45, 7) is 1.75. The molecule has 24 heavy (non-hydrogen) atoms. The zero-order chi connectivity index (χ0) is 17.9. The molecule has 0 spiro atoms. The molecule has 1 amide bonds. The number of nitro groups is 1. The first-order valence-electron chi connectivity index (χ1n) is 6.91. The van der Waals surface area contributed by atoms with E-state index in [1.54, 1.807) is 31.2 Å². The number of nitro benzene ring substituents is 1. The molecule has 0 aliphatic heterocycles. The molecule has 2 rings (SSSR count). The van der Waals surface area contributed by atoms with E-state index >= 15 is 0 Å². The summed E-state index contributed by atoms with van der Waals surface area (Å²) in [5, 5.41) is 14.8. The van der Waals surface area contributed by atoms with Gasteiger partial charge in [0.05, 0.1) is 11.0 Å². The lowest BCUT2D eigenvalue weighted by Crippen LogP contribution is -2.27. The van der Waals surface area contributed by atoms with Crippen LogP contribution in [0.5, 0.6) is 0 Å². The highest BCUT2D eigenvalue weighted by atomic mass is 35.5. The number of hydrogen-bond donors (Lipinski definition) is 1. The molecule has 2 aromatic rings. The first kappa shape index (κ1) is 18.6. The highest BCUT2D eigenvalue weighted by Gasteiger charge is 2.22. The van der Waals surface area contributed by atoms with Gasteiger partial charge in [0.2, 0.25) is 0 Å². The Balaban J connectivity index is 2.30. The summed E-state index contributed by atoms with van der Waals surface area (Å²) in [7, 11) is 0. The molecule has 0 radical (unpaired) electrons. The van der Waals surface area contributed by atoms with Crippen molar-refractivity contribution in [2.75, 3.05) is 6.26 Å². The van der Waals surface area contributed by atoms with Crippen molar-refractivity contribution in [3.8, 4) is 0 Å². The Labute approximate surface area is 153 Å². The quantitative estimate of drug-likeness (QED) is 0.441. The molecule has 5 nitrogen and oxygen atoms in total. The topological polar surface area (TPSA) is 72.2 Å². The lowest BCUT2D eigenvalue weighted by atomic mass is 10.1. The van der Waals surface area contributed by atoms with Gasteiger partial charge in [-0.15, -0.1) is 11.8 Å². The molecule has 8 heteroatoms. The van der Waals surface area contributed by atoms with Gasteiger partial charge >= 0.3 is 0 Å². The molecule has 1 unspecified atom stereocenters. The summed E-state index contributed by atoms with van der Waals surface area (Å²) in [6.07, 6.45) is 1.83. The van der Waals surface area contributed by atoms with E-state index < -0.39 is 16.9 Å². The predicted molar refractivity (Wildman–Crippen MR) is 97.2 cm³/mol. The Morgan fingerprint density at radius 3 is 2.54 bits per heavy atom. The highest BCUT2D eigenvalue weighted by molar-refractivity contribution is 7.98. The summed E-state index contributed by atoms with van der Waals surface area (Å²) >= 11 is 13.4. The molecular formula is C16H14Cl2N2O3S. The van der Waals surface area contributed by atoms with Gasteiger partial charge in [-0.05, 0) is 43.0 Å². The number of rotatable bonds is 5. The van der Waals surface area contributed by atoms with E-state index in [1.165, 1.54) is 23.9 Å². The molecule has 0 fully saturated rings. The van der Waals surface area contributed by atoms with Crippen LogP contribution in [-0.4, -0.2) is 17.1 Å². The summed E-state index contributed by atoms with van der Waals surface area (Å²) in [5.41, 5.74) is 0.460. The summed E-state index contributed by atoms with van der Waals surface area (Å²) < 4.78 is 0. The number of hydrogen-bond acceptors (Lipinski definition) is 4. The molecule has 0 saturated carbocycles. The van der Waals surface area contributed by atoms with Crippen molar-refractivity contribution in [2.24, 2.45) is 0 Å². The Kier molecular flexibility index (Phi) is 6.10. The average Bonchev–Trinajstić information content (AvgIpc) is 2.53. The van der Waals surface area contributed by atoms with Crippen molar-refractivity contribution in [2.45, 2.75) is 17.9 Å². The van der Waals surface area contributed by atoms with Gasteiger partial charge < -0.3 is 5.32 Å². The minimum atomic E-state index is -0.570. The molecule has 0 aliphatic rings. The van der Waals surface area contributed by atoms with Gasteiger partial charge in [-0.1, -0.05) is 29.3 Å². The third kappa shape index (κ3) is 4.20. The van der Waals surface area contributed by atoms with E-state index in [1.807, 2.05) is 6.26 Å². The molecule has 0 aliphatic carbocycles. The fourth-order valence-electron chi connectivity index (χ4n) is 2.19. The van der Waals surface area contributed by atoms with Gasteiger partial charge in [-0.3, -0.25) is 14.9 Å². The smallest absolute Gasteiger partial charge is 0.282 e. The number of halogens is 2. The van der Waals surface area contributed by atoms with Gasteiger partial charge in [-0.2, -0.15) is 0 Å². The number of carbonyl (C=O) groups is 1. The third-order valence-electron chi connectivity index (χ3n) is 3.42. The van der Waals surface area contributed by atoms with Gasteiger partial charge in [0.1, 0.15) is 5.56 Å². The minimum absolute atomic E-state index is 0.0174. The van der Waals surface area contributed by atoms with Crippen LogP contribution >= 0.6 is 35.0 Å². The van der Waals surface area contributed by atoms with E-state index in [9.17, 15) is 14.9 Å². The number of thioether (sulfide) groups is 1. The summed E-state index contributed by atoms with van der Waals surface area (Å²) in [4.78, 5) is 23.9. The minimum Gasteiger partial charge on any atom is -0.345 e. The van der Waals surface area contributed by atoms with E-state index in [0.717, 1.165) is 4.90 Å². The molecule has 0 saturated heterocycles. The Hall–Kier alpha value is -1.76. The molecule has 126 valence electrons. The van der Waals surface area contributed by atoms with Crippen molar-refractivity contribution in [3.63, 3.8) is 0 Å². The van der Waals surface area contributed by atoms with Crippen LogP contribution in [0.1, 0.15) is 28.9 Å². The van der Waals surface area contributed by atoms with Gasteiger partial charge in [0, 0.05) is 21.0 Å². The predicted octanol–water partition coefficient (Wildman–Crippen LogP) is 5.11. The molecule has 0 bridgehead atoms. The van der Waals surface area contributed by atoms with Crippen LogP contribution in [-0.2, 0) is 0 Å². The van der Waals surface area contributed by atoms with Crippen LogP contribution in [0.3, 0.4) is 0 Å². The van der Waals surface area contributed by atoms with E-state index in [-0.39, 0.29) is 11.3 Å². The maximum Gasteiger partial charge on any atom is 0.282 e. The Morgan fingerprint density at radius 2 is 1.96 bits per heavy atom. The van der Waals surface area contributed by atoms with Crippen LogP contribution in [0.25, 0.3) is 0 Å². The molecule has 0 heterocycles. The van der Waals surface area contributed by atoms with Crippen LogP contribution < -0.4 is 5.32 Å². The zero-order valence-electron chi connectivity index (χ0n) is 12.9. The largest absolute Gasteiger partial charge is 0.345 e. The molecule has 0 aromatic heterocycles. The van der Waals surface area contributed by atoms with Crippen LogP contribution in [0.4, 0.5) is 5.69 Å². The Morgan fingerprint density at radius 1 is 1.25 bits per heavy atom.